The molecule has 1 aromatic heterocycles. The van der Waals surface area contributed by atoms with E-state index in [1.54, 1.807) is 0 Å². The van der Waals surface area contributed by atoms with Crippen molar-refractivity contribution in [3.05, 3.63) is 47.2 Å². The van der Waals surface area contributed by atoms with Crippen molar-refractivity contribution in [2.45, 2.75) is 33.6 Å². The summed E-state index contributed by atoms with van der Waals surface area (Å²) >= 11 is 0. The van der Waals surface area contributed by atoms with Crippen LogP contribution in [0, 0.1) is 13.8 Å². The number of hydrogen-bond acceptors (Lipinski definition) is 5. The maximum absolute atomic E-state index is 9.91. The van der Waals surface area contributed by atoms with Crippen LogP contribution in [0.3, 0.4) is 0 Å². The Bertz CT molecular complexity index is 737. The highest BCUT2D eigenvalue weighted by molar-refractivity contribution is 5.85. The molecule has 28 heavy (non-hydrogen) atoms. The van der Waals surface area contributed by atoms with Gasteiger partial charge in [-0.25, -0.2) is 4.98 Å². The molecule has 2 aromatic rings. The van der Waals surface area contributed by atoms with Crippen molar-refractivity contribution in [3.8, 4) is 5.75 Å². The first-order valence-electron chi connectivity index (χ1n) is 10.0. The highest BCUT2D eigenvalue weighted by Gasteiger charge is 2.19. The lowest BCUT2D eigenvalue weighted by atomic mass is 10.0. The molecule has 0 unspecified atom stereocenters. The summed E-state index contributed by atoms with van der Waals surface area (Å²) in [5.74, 6) is 1.51. The molecule has 2 N–H and O–H groups in total. The molecule has 3 rings (SSSR count). The number of halogens is 1. The normalized spacial score (nSPS) is 14.6. The van der Waals surface area contributed by atoms with E-state index in [1.807, 2.05) is 26.1 Å². The molecule has 1 aliphatic rings. The minimum absolute atomic E-state index is 0. The largest absolute Gasteiger partial charge is 0.507 e. The third-order valence-corrected chi connectivity index (χ3v) is 5.32. The van der Waals surface area contributed by atoms with Crippen LogP contribution >= 0.6 is 12.4 Å². The zero-order valence-electron chi connectivity index (χ0n) is 17.2. The van der Waals surface area contributed by atoms with Gasteiger partial charge in [0.1, 0.15) is 5.75 Å². The molecule has 0 spiro atoms. The molecule has 1 fully saturated rings. The average Bonchev–Trinajstić information content (AvgIpc) is 2.67. The topological polar surface area (TPSA) is 51.6 Å². The molecule has 0 saturated carbocycles. The second-order valence-electron chi connectivity index (χ2n) is 7.42. The maximum atomic E-state index is 9.91. The molecule has 5 nitrogen and oxygen atoms in total. The third-order valence-electron chi connectivity index (χ3n) is 5.32. The number of aryl methyl sites for hydroxylation is 3. The molecule has 2 heterocycles. The predicted molar refractivity (Wildman–Crippen MR) is 120 cm³/mol. The van der Waals surface area contributed by atoms with Gasteiger partial charge < -0.3 is 15.3 Å². The molecule has 1 aromatic carbocycles. The number of phenolic OH excluding ortho intramolecular Hbond substituents is 1. The molecule has 0 aliphatic carbocycles. The first-order valence-corrected chi connectivity index (χ1v) is 10.0. The Hall–Kier alpha value is -1.98. The van der Waals surface area contributed by atoms with Crippen molar-refractivity contribution in [2.75, 3.05) is 49.5 Å². The molecule has 1 aliphatic heterocycles. The van der Waals surface area contributed by atoms with Crippen molar-refractivity contribution in [2.24, 2.45) is 0 Å². The summed E-state index contributed by atoms with van der Waals surface area (Å²) in [6, 6.07) is 8.33. The van der Waals surface area contributed by atoms with Crippen LogP contribution in [0.25, 0.3) is 0 Å². The summed E-state index contributed by atoms with van der Waals surface area (Å²) in [5.41, 5.74) is 4.41. The molecule has 0 atom stereocenters. The zero-order chi connectivity index (χ0) is 19.2. The fourth-order valence-corrected chi connectivity index (χ4v) is 3.86. The Kier molecular flexibility index (Phi) is 8.39. The average molecular weight is 405 g/mol. The highest BCUT2D eigenvalue weighted by atomic mass is 35.5. The Balaban J connectivity index is 0.00000280. The van der Waals surface area contributed by atoms with E-state index in [1.165, 1.54) is 5.56 Å². The van der Waals surface area contributed by atoms with Gasteiger partial charge in [0.25, 0.3) is 0 Å². The summed E-state index contributed by atoms with van der Waals surface area (Å²) < 4.78 is 0. The lowest BCUT2D eigenvalue weighted by Crippen LogP contribution is -2.47. The maximum Gasteiger partial charge on any atom is 0.152 e. The lowest BCUT2D eigenvalue weighted by Gasteiger charge is -2.36. The van der Waals surface area contributed by atoms with Crippen molar-refractivity contribution < 1.29 is 5.11 Å². The molecule has 154 valence electrons. The molecule has 0 bridgehead atoms. The second-order valence-corrected chi connectivity index (χ2v) is 7.42. The quantitative estimate of drug-likeness (QED) is 0.730. The number of phenols is 1. The van der Waals surface area contributed by atoms with E-state index in [2.05, 4.69) is 45.2 Å². The Morgan fingerprint density at radius 1 is 1.11 bits per heavy atom. The van der Waals surface area contributed by atoms with Crippen LogP contribution in [0.5, 0.6) is 5.75 Å². The smallest absolute Gasteiger partial charge is 0.152 e. The fourth-order valence-electron chi connectivity index (χ4n) is 3.86. The minimum atomic E-state index is 0. The van der Waals surface area contributed by atoms with Gasteiger partial charge >= 0.3 is 0 Å². The Labute approximate surface area is 175 Å². The van der Waals surface area contributed by atoms with Crippen molar-refractivity contribution in [1.29, 1.82) is 0 Å². The van der Waals surface area contributed by atoms with E-state index in [4.69, 9.17) is 0 Å². The van der Waals surface area contributed by atoms with Gasteiger partial charge in [-0.1, -0.05) is 12.1 Å². The summed E-state index contributed by atoms with van der Waals surface area (Å²) in [6.07, 6.45) is 4.09. The number of hydrogen-bond donors (Lipinski definition) is 2. The number of benzene rings is 1. The van der Waals surface area contributed by atoms with E-state index in [0.717, 1.165) is 74.7 Å². The van der Waals surface area contributed by atoms with Crippen molar-refractivity contribution in [1.82, 2.24) is 9.88 Å². The fraction of sp³-hybridized carbons (Fsp3) is 0.500. The van der Waals surface area contributed by atoms with Gasteiger partial charge in [-0.3, -0.25) is 4.90 Å². The Morgan fingerprint density at radius 3 is 2.43 bits per heavy atom. The summed E-state index contributed by atoms with van der Waals surface area (Å²) in [6.45, 7) is 12.3. The van der Waals surface area contributed by atoms with Gasteiger partial charge in [0.05, 0.1) is 5.69 Å². The first-order chi connectivity index (χ1) is 13.1. The van der Waals surface area contributed by atoms with Gasteiger partial charge in [0.15, 0.2) is 5.82 Å². The third kappa shape index (κ3) is 5.52. The van der Waals surface area contributed by atoms with E-state index in [0.29, 0.717) is 5.75 Å². The van der Waals surface area contributed by atoms with Gasteiger partial charge in [0.2, 0.25) is 0 Å². The summed E-state index contributed by atoms with van der Waals surface area (Å²) in [5, 5.41) is 13.3. The molecular weight excluding hydrogens is 372 g/mol. The van der Waals surface area contributed by atoms with Gasteiger partial charge in [-0.2, -0.15) is 0 Å². The summed E-state index contributed by atoms with van der Waals surface area (Å²) in [4.78, 5) is 9.53. The van der Waals surface area contributed by atoms with Crippen LogP contribution in [0.4, 0.5) is 11.5 Å². The van der Waals surface area contributed by atoms with Crippen LogP contribution < -0.4 is 10.2 Å². The van der Waals surface area contributed by atoms with Crippen LogP contribution in [0.15, 0.2) is 30.5 Å². The molecular formula is C22H33ClN4O. The van der Waals surface area contributed by atoms with Crippen molar-refractivity contribution in [3.63, 3.8) is 0 Å². The van der Waals surface area contributed by atoms with Crippen LogP contribution in [0.1, 0.15) is 30.0 Å². The van der Waals surface area contributed by atoms with Gasteiger partial charge in [0, 0.05) is 38.9 Å². The molecule has 1 saturated heterocycles. The van der Waals surface area contributed by atoms with Crippen LogP contribution in [-0.4, -0.2) is 54.3 Å². The predicted octanol–water partition coefficient (Wildman–Crippen LogP) is 4.01. The second kappa shape index (κ2) is 10.5. The number of rotatable bonds is 7. The molecule has 6 heteroatoms. The van der Waals surface area contributed by atoms with Crippen molar-refractivity contribution >= 4 is 23.9 Å². The van der Waals surface area contributed by atoms with Crippen LogP contribution in [-0.2, 0) is 6.42 Å². The van der Waals surface area contributed by atoms with E-state index in [-0.39, 0.29) is 12.4 Å². The van der Waals surface area contributed by atoms with E-state index >= 15 is 0 Å². The van der Waals surface area contributed by atoms with Gasteiger partial charge in [-0.05, 0) is 69.0 Å². The van der Waals surface area contributed by atoms with E-state index < -0.39 is 0 Å². The van der Waals surface area contributed by atoms with Crippen LogP contribution in [0.2, 0.25) is 0 Å². The zero-order valence-corrected chi connectivity index (χ0v) is 18.1. The number of pyridine rings is 1. The van der Waals surface area contributed by atoms with Gasteiger partial charge in [-0.15, -0.1) is 12.4 Å². The summed E-state index contributed by atoms with van der Waals surface area (Å²) in [7, 11) is 0. The number of piperazine rings is 1. The number of aromatic hydroxyl groups is 1. The standard InChI is InChI=1S/C22H32N4O.ClH/c1-4-23-20-8-5-9-24-22(20)26-13-11-25(12-14-26)10-6-7-19-15-17(2)21(27)18(3)16-19;/h5,8-9,15-16,23,27H,4,6-7,10-14H2,1-3H3;1H. The highest BCUT2D eigenvalue weighted by Crippen LogP contribution is 2.25. The molecule has 0 amide bonds. The van der Waals surface area contributed by atoms with E-state index in [9.17, 15) is 5.11 Å². The molecule has 0 radical (unpaired) electrons. The number of nitrogens with one attached hydrogen (secondary N) is 1. The number of nitrogens with zero attached hydrogens (tertiary/aromatic N) is 3. The number of aromatic nitrogens is 1. The number of anilines is 2. The SMILES string of the molecule is CCNc1cccnc1N1CCN(CCCc2cc(C)c(O)c(C)c2)CC1.Cl. The first kappa shape index (κ1) is 22.3. The Morgan fingerprint density at radius 2 is 1.79 bits per heavy atom. The minimum Gasteiger partial charge on any atom is -0.507 e. The monoisotopic (exact) mass is 404 g/mol. The lowest BCUT2D eigenvalue weighted by molar-refractivity contribution is 0.254.